The lowest BCUT2D eigenvalue weighted by Gasteiger charge is -2.34. The van der Waals surface area contributed by atoms with Gasteiger partial charge in [-0.05, 0) is 25.2 Å². The molecule has 0 aromatic rings. The van der Waals surface area contributed by atoms with E-state index < -0.39 is 0 Å². The monoisotopic (exact) mass is 286 g/mol. The molecule has 0 saturated carbocycles. The summed E-state index contributed by atoms with van der Waals surface area (Å²) in [4.78, 5) is 15.1. The Bertz CT molecular complexity index is 288. The summed E-state index contributed by atoms with van der Waals surface area (Å²) in [6, 6.07) is 0.295. The van der Waals surface area contributed by atoms with Crippen LogP contribution in [0.1, 0.15) is 60.3 Å². The van der Waals surface area contributed by atoms with Gasteiger partial charge in [0, 0.05) is 12.6 Å². The third-order valence-electron chi connectivity index (χ3n) is 3.45. The first-order valence-electron chi connectivity index (χ1n) is 7.48. The molecule has 0 spiro atoms. The molecule has 0 heterocycles. The first-order valence-corrected chi connectivity index (χ1v) is 7.89. The van der Waals surface area contributed by atoms with Crippen LogP contribution < -0.4 is 5.73 Å². The van der Waals surface area contributed by atoms with Crippen LogP contribution in [0.2, 0.25) is 0 Å². The van der Waals surface area contributed by atoms with E-state index in [4.69, 9.17) is 18.0 Å². The van der Waals surface area contributed by atoms with Gasteiger partial charge >= 0.3 is 0 Å². The normalized spacial score (nSPS) is 12.8. The maximum absolute atomic E-state index is 12.7. The summed E-state index contributed by atoms with van der Waals surface area (Å²) in [5, 5.41) is 0. The highest BCUT2D eigenvalue weighted by Crippen LogP contribution is 2.18. The van der Waals surface area contributed by atoms with E-state index >= 15 is 0 Å². The van der Waals surface area contributed by atoms with E-state index in [0.29, 0.717) is 16.9 Å². The van der Waals surface area contributed by atoms with Crippen LogP contribution in [-0.4, -0.2) is 28.4 Å². The van der Waals surface area contributed by atoms with E-state index in [1.165, 1.54) is 0 Å². The number of amides is 1. The topological polar surface area (TPSA) is 46.3 Å². The van der Waals surface area contributed by atoms with E-state index in [9.17, 15) is 4.79 Å². The minimum atomic E-state index is -0.292. The van der Waals surface area contributed by atoms with Gasteiger partial charge in [-0.2, -0.15) is 0 Å². The van der Waals surface area contributed by atoms with Crippen molar-refractivity contribution in [3.63, 3.8) is 0 Å². The summed E-state index contributed by atoms with van der Waals surface area (Å²) in [5.41, 5.74) is 5.76. The Morgan fingerprint density at radius 1 is 1.21 bits per heavy atom. The molecule has 1 atom stereocenters. The molecule has 0 aliphatic heterocycles. The molecule has 0 aliphatic carbocycles. The van der Waals surface area contributed by atoms with Gasteiger partial charge in [-0.15, -0.1) is 0 Å². The zero-order valence-electron chi connectivity index (χ0n) is 13.1. The average Bonchev–Trinajstić information content (AvgIpc) is 2.34. The molecule has 0 aromatic heterocycles. The highest BCUT2D eigenvalue weighted by molar-refractivity contribution is 7.80. The Morgan fingerprint density at radius 3 is 2.05 bits per heavy atom. The van der Waals surface area contributed by atoms with Crippen LogP contribution in [0.15, 0.2) is 0 Å². The number of carbonyl (C=O) groups is 1. The zero-order valence-corrected chi connectivity index (χ0v) is 13.9. The molecule has 0 fully saturated rings. The Kier molecular flexibility index (Phi) is 8.98. The first kappa shape index (κ1) is 18.4. The Morgan fingerprint density at radius 2 is 1.74 bits per heavy atom. The summed E-state index contributed by atoms with van der Waals surface area (Å²) in [6.45, 7) is 11.4. The molecule has 0 rings (SSSR count). The van der Waals surface area contributed by atoms with Crippen molar-refractivity contribution in [1.82, 2.24) is 4.90 Å². The zero-order chi connectivity index (χ0) is 15.0. The SMILES string of the molecule is CCCC(C(=O)N(CC(C)C)C(CC)CC)C(N)=S. The fourth-order valence-corrected chi connectivity index (χ4v) is 2.64. The van der Waals surface area contributed by atoms with Gasteiger partial charge in [-0.25, -0.2) is 0 Å². The Hall–Kier alpha value is -0.640. The summed E-state index contributed by atoms with van der Waals surface area (Å²) < 4.78 is 0. The highest BCUT2D eigenvalue weighted by atomic mass is 32.1. The minimum Gasteiger partial charge on any atom is -0.393 e. The van der Waals surface area contributed by atoms with Gasteiger partial charge in [-0.1, -0.05) is 53.3 Å². The number of hydrogen-bond acceptors (Lipinski definition) is 2. The number of thiocarbonyl (C=S) groups is 1. The second-order valence-corrected chi connectivity index (χ2v) is 6.07. The molecule has 4 heteroatoms. The second-order valence-electron chi connectivity index (χ2n) is 5.60. The number of rotatable bonds is 9. The van der Waals surface area contributed by atoms with Gasteiger partial charge in [0.2, 0.25) is 5.91 Å². The molecule has 3 nitrogen and oxygen atoms in total. The number of nitrogens with two attached hydrogens (primary N) is 1. The molecule has 1 unspecified atom stereocenters. The van der Waals surface area contributed by atoms with Crippen molar-refractivity contribution in [3.05, 3.63) is 0 Å². The average molecular weight is 286 g/mol. The van der Waals surface area contributed by atoms with E-state index in [1.807, 2.05) is 4.90 Å². The van der Waals surface area contributed by atoms with Crippen LogP contribution >= 0.6 is 12.2 Å². The summed E-state index contributed by atoms with van der Waals surface area (Å²) in [7, 11) is 0. The van der Waals surface area contributed by atoms with E-state index in [0.717, 1.165) is 32.2 Å². The van der Waals surface area contributed by atoms with Crippen molar-refractivity contribution in [2.45, 2.75) is 66.3 Å². The minimum absolute atomic E-state index is 0.122. The van der Waals surface area contributed by atoms with Crippen molar-refractivity contribution >= 4 is 23.1 Å². The van der Waals surface area contributed by atoms with Crippen molar-refractivity contribution in [1.29, 1.82) is 0 Å². The lowest BCUT2D eigenvalue weighted by Crippen LogP contribution is -2.47. The van der Waals surface area contributed by atoms with Crippen LogP contribution in [0.25, 0.3) is 0 Å². The van der Waals surface area contributed by atoms with Gasteiger partial charge in [-0.3, -0.25) is 4.79 Å². The molecular weight excluding hydrogens is 256 g/mol. The van der Waals surface area contributed by atoms with Crippen LogP contribution in [0.5, 0.6) is 0 Å². The standard InChI is InChI=1S/C15H30N2OS/c1-6-9-13(14(16)19)15(18)17(10-11(4)5)12(7-2)8-3/h11-13H,6-10H2,1-5H3,(H2,16,19). The van der Waals surface area contributed by atoms with Gasteiger partial charge in [0.05, 0.1) is 10.9 Å². The fourth-order valence-electron chi connectivity index (χ4n) is 2.42. The maximum Gasteiger partial charge on any atom is 0.232 e. The fraction of sp³-hybridized carbons (Fsp3) is 0.867. The lowest BCUT2D eigenvalue weighted by atomic mass is 9.98. The third kappa shape index (κ3) is 5.89. The molecule has 2 N–H and O–H groups in total. The van der Waals surface area contributed by atoms with E-state index in [1.54, 1.807) is 0 Å². The molecule has 19 heavy (non-hydrogen) atoms. The highest BCUT2D eigenvalue weighted by Gasteiger charge is 2.29. The summed E-state index contributed by atoms with van der Waals surface area (Å²) >= 11 is 5.08. The largest absolute Gasteiger partial charge is 0.393 e. The van der Waals surface area contributed by atoms with Gasteiger partial charge in [0.15, 0.2) is 0 Å². The molecule has 1 amide bonds. The number of nitrogens with zero attached hydrogens (tertiary/aromatic N) is 1. The van der Waals surface area contributed by atoms with Gasteiger partial charge in [0.1, 0.15) is 0 Å². The predicted octanol–water partition coefficient (Wildman–Crippen LogP) is 3.36. The first-order chi connectivity index (χ1) is 8.88. The van der Waals surface area contributed by atoms with Crippen LogP contribution in [0.4, 0.5) is 0 Å². The molecule has 0 aromatic carbocycles. The lowest BCUT2D eigenvalue weighted by molar-refractivity contribution is -0.136. The molecular formula is C15H30N2OS. The molecule has 0 aliphatic rings. The maximum atomic E-state index is 12.7. The molecule has 0 radical (unpaired) electrons. The van der Waals surface area contributed by atoms with Crippen molar-refractivity contribution in [2.24, 2.45) is 17.6 Å². The third-order valence-corrected chi connectivity index (χ3v) is 3.73. The van der Waals surface area contributed by atoms with Crippen molar-refractivity contribution < 1.29 is 4.79 Å². The Balaban J connectivity index is 5.10. The second kappa shape index (κ2) is 9.29. The Labute approximate surface area is 123 Å². The quantitative estimate of drug-likeness (QED) is 0.661. The molecule has 112 valence electrons. The smallest absolute Gasteiger partial charge is 0.232 e. The van der Waals surface area contributed by atoms with Crippen LogP contribution in [0.3, 0.4) is 0 Å². The van der Waals surface area contributed by atoms with Gasteiger partial charge < -0.3 is 10.6 Å². The van der Waals surface area contributed by atoms with Crippen molar-refractivity contribution in [2.75, 3.05) is 6.54 Å². The summed E-state index contributed by atoms with van der Waals surface area (Å²) in [6.07, 6.45) is 3.63. The van der Waals surface area contributed by atoms with E-state index in [-0.39, 0.29) is 11.8 Å². The predicted molar refractivity (Wildman–Crippen MR) is 86.1 cm³/mol. The number of carbonyl (C=O) groups excluding carboxylic acids is 1. The van der Waals surface area contributed by atoms with Crippen molar-refractivity contribution in [3.8, 4) is 0 Å². The van der Waals surface area contributed by atoms with E-state index in [2.05, 4.69) is 34.6 Å². The van der Waals surface area contributed by atoms with Gasteiger partial charge in [0.25, 0.3) is 0 Å². The molecule has 0 saturated heterocycles. The molecule has 0 bridgehead atoms. The van der Waals surface area contributed by atoms with Crippen LogP contribution in [0, 0.1) is 11.8 Å². The number of hydrogen-bond donors (Lipinski definition) is 1. The summed E-state index contributed by atoms with van der Waals surface area (Å²) in [5.74, 6) is 0.286. The van der Waals surface area contributed by atoms with Crippen LogP contribution in [-0.2, 0) is 4.79 Å².